The quantitative estimate of drug-likeness (QED) is 0.709. The third kappa shape index (κ3) is 1.51. The molecule has 1 unspecified atom stereocenters. The molecule has 1 heterocycles. The van der Waals surface area contributed by atoms with E-state index >= 15 is 0 Å². The summed E-state index contributed by atoms with van der Waals surface area (Å²) in [5.74, 6) is 0.164. The highest BCUT2D eigenvalue weighted by Gasteiger charge is 2.25. The molecule has 2 nitrogen and oxygen atoms in total. The molecule has 13 heavy (non-hydrogen) atoms. The summed E-state index contributed by atoms with van der Waals surface area (Å²) in [6.07, 6.45) is 0. The van der Waals surface area contributed by atoms with Crippen molar-refractivity contribution in [3.63, 3.8) is 0 Å². The normalized spacial score (nSPS) is 15.8. The Morgan fingerprint density at radius 2 is 2.31 bits per heavy atom. The Morgan fingerprint density at radius 1 is 1.54 bits per heavy atom. The molecule has 1 aromatic carbocycles. The van der Waals surface area contributed by atoms with Gasteiger partial charge in [-0.3, -0.25) is 4.79 Å². The van der Waals surface area contributed by atoms with E-state index in [2.05, 4.69) is 15.9 Å². The highest BCUT2D eigenvalue weighted by Crippen LogP contribution is 2.31. The molecule has 0 N–H and O–H groups in total. The third-order valence-electron chi connectivity index (χ3n) is 2.15. The number of halogens is 1. The molecule has 1 aliphatic heterocycles. The largest absolute Gasteiger partial charge is 0.316 e. The summed E-state index contributed by atoms with van der Waals surface area (Å²) in [5, 5.41) is 0. The first kappa shape index (κ1) is 9.17. The average Bonchev–Trinajstić information content (AvgIpc) is 2.44. The fraction of sp³-hybridized carbons (Fsp3) is 0.222. The van der Waals surface area contributed by atoms with Gasteiger partial charge in [-0.15, -0.1) is 0 Å². The second-order valence-electron chi connectivity index (χ2n) is 2.92. The van der Waals surface area contributed by atoms with Gasteiger partial charge in [0.1, 0.15) is 0 Å². The van der Waals surface area contributed by atoms with Gasteiger partial charge in [-0.05, 0) is 33.1 Å². The van der Waals surface area contributed by atoms with Gasteiger partial charge in [0.05, 0.1) is 6.54 Å². The van der Waals surface area contributed by atoms with Gasteiger partial charge < -0.3 is 4.67 Å². The summed E-state index contributed by atoms with van der Waals surface area (Å²) >= 11 is 3.37. The van der Waals surface area contributed by atoms with Crippen molar-refractivity contribution in [2.24, 2.45) is 0 Å². The lowest BCUT2D eigenvalue weighted by molar-refractivity contribution is 0.0886. The minimum atomic E-state index is 0.164. The Kier molecular flexibility index (Phi) is 2.39. The van der Waals surface area contributed by atoms with Crippen LogP contribution in [-0.4, -0.2) is 17.2 Å². The Morgan fingerprint density at radius 3 is 3.00 bits per heavy atom. The van der Waals surface area contributed by atoms with Crippen LogP contribution in [0, 0.1) is 0 Å². The lowest BCUT2D eigenvalue weighted by atomic mass is 10.1. The van der Waals surface area contributed by atoms with Crippen molar-refractivity contribution < 1.29 is 4.79 Å². The average molecular weight is 258 g/mol. The maximum atomic E-state index is 11.7. The molecule has 0 aliphatic carbocycles. The Labute approximate surface area is 87.3 Å². The summed E-state index contributed by atoms with van der Waals surface area (Å²) in [6, 6.07) is 5.89. The topological polar surface area (TPSA) is 20.3 Å². The van der Waals surface area contributed by atoms with Crippen molar-refractivity contribution >= 4 is 30.6 Å². The molecule has 68 valence electrons. The van der Waals surface area contributed by atoms with Crippen LogP contribution in [0.25, 0.3) is 0 Å². The standard InChI is InChI=1S/C9H9BrNOP/c1-13-11-5-6-2-3-7(10)4-8(6)9(11)12/h2-4,13H,5H2,1H3. The number of fused-ring (bicyclic) bond motifs is 1. The molecule has 0 aromatic heterocycles. The van der Waals surface area contributed by atoms with Crippen molar-refractivity contribution in [1.29, 1.82) is 0 Å². The van der Waals surface area contributed by atoms with Gasteiger partial charge in [0.15, 0.2) is 0 Å². The Hall–Kier alpha value is -0.400. The maximum Gasteiger partial charge on any atom is 0.257 e. The Bertz CT molecular complexity index is 367. The van der Waals surface area contributed by atoms with Crippen LogP contribution in [0.4, 0.5) is 0 Å². The van der Waals surface area contributed by atoms with E-state index in [-0.39, 0.29) is 5.91 Å². The number of nitrogens with zero attached hydrogens (tertiary/aromatic N) is 1. The zero-order chi connectivity index (χ0) is 9.42. The van der Waals surface area contributed by atoms with E-state index in [1.54, 1.807) is 0 Å². The molecule has 0 fully saturated rings. The first-order valence-corrected chi connectivity index (χ1v) is 6.24. The second-order valence-corrected chi connectivity index (χ2v) is 4.82. The van der Waals surface area contributed by atoms with Gasteiger partial charge in [0.25, 0.3) is 5.91 Å². The summed E-state index contributed by atoms with van der Waals surface area (Å²) in [5.41, 5.74) is 1.99. The summed E-state index contributed by atoms with van der Waals surface area (Å²) < 4.78 is 2.85. The monoisotopic (exact) mass is 257 g/mol. The van der Waals surface area contributed by atoms with Crippen LogP contribution < -0.4 is 0 Å². The van der Waals surface area contributed by atoms with E-state index in [9.17, 15) is 4.79 Å². The molecular formula is C9H9BrNOP. The minimum absolute atomic E-state index is 0.164. The van der Waals surface area contributed by atoms with Crippen LogP contribution in [0.3, 0.4) is 0 Å². The van der Waals surface area contributed by atoms with Crippen molar-refractivity contribution in [2.45, 2.75) is 6.54 Å². The van der Waals surface area contributed by atoms with Gasteiger partial charge in [-0.1, -0.05) is 22.0 Å². The van der Waals surface area contributed by atoms with Crippen LogP contribution in [-0.2, 0) is 6.54 Å². The summed E-state index contributed by atoms with van der Waals surface area (Å²) in [4.78, 5) is 11.7. The van der Waals surface area contributed by atoms with Crippen molar-refractivity contribution in [2.75, 3.05) is 6.66 Å². The first-order valence-electron chi connectivity index (χ1n) is 4.00. The number of carbonyl (C=O) groups excluding carboxylic acids is 1. The lowest BCUT2D eigenvalue weighted by Crippen LogP contribution is -2.12. The van der Waals surface area contributed by atoms with E-state index in [1.165, 1.54) is 0 Å². The van der Waals surface area contributed by atoms with Crippen LogP contribution in [0.2, 0.25) is 0 Å². The zero-order valence-corrected chi connectivity index (χ0v) is 9.76. The fourth-order valence-corrected chi connectivity index (χ4v) is 2.47. The third-order valence-corrected chi connectivity index (χ3v) is 3.54. The minimum Gasteiger partial charge on any atom is -0.316 e. The number of amides is 1. The number of rotatable bonds is 1. The molecule has 1 aromatic rings. The van der Waals surface area contributed by atoms with Crippen LogP contribution in [0.1, 0.15) is 15.9 Å². The number of hydrogen-bond donors (Lipinski definition) is 0. The predicted octanol–water partition coefficient (Wildman–Crippen LogP) is 2.63. The van der Waals surface area contributed by atoms with Crippen LogP contribution in [0.5, 0.6) is 0 Å². The first-order chi connectivity index (χ1) is 6.22. The molecule has 0 radical (unpaired) electrons. The molecule has 1 atom stereocenters. The van der Waals surface area contributed by atoms with Gasteiger partial charge in [-0.2, -0.15) is 0 Å². The molecule has 0 saturated heterocycles. The smallest absolute Gasteiger partial charge is 0.257 e. The van der Waals surface area contributed by atoms with Gasteiger partial charge in [0, 0.05) is 10.0 Å². The predicted molar refractivity (Wildman–Crippen MR) is 58.3 cm³/mol. The van der Waals surface area contributed by atoms with Crippen LogP contribution in [0.15, 0.2) is 22.7 Å². The van der Waals surface area contributed by atoms with E-state index in [0.29, 0.717) is 8.73 Å². The van der Waals surface area contributed by atoms with E-state index in [0.717, 1.165) is 22.1 Å². The molecule has 1 aliphatic rings. The SMILES string of the molecule is CPN1Cc2ccc(Br)cc2C1=O. The lowest BCUT2D eigenvalue weighted by Gasteiger charge is -2.10. The van der Waals surface area contributed by atoms with E-state index in [4.69, 9.17) is 0 Å². The van der Waals surface area contributed by atoms with Crippen LogP contribution >= 0.6 is 24.7 Å². The molecule has 1 amide bonds. The number of carbonyl (C=O) groups is 1. The zero-order valence-electron chi connectivity index (χ0n) is 7.17. The van der Waals surface area contributed by atoms with Crippen molar-refractivity contribution in [3.05, 3.63) is 33.8 Å². The highest BCUT2D eigenvalue weighted by molar-refractivity contribution is 9.10. The highest BCUT2D eigenvalue weighted by atomic mass is 79.9. The fourth-order valence-electron chi connectivity index (χ4n) is 1.45. The van der Waals surface area contributed by atoms with Crippen molar-refractivity contribution in [1.82, 2.24) is 4.67 Å². The number of hydrogen-bond acceptors (Lipinski definition) is 1. The summed E-state index contributed by atoms with van der Waals surface area (Å²) in [7, 11) is 0.553. The molecule has 4 heteroatoms. The van der Waals surface area contributed by atoms with Crippen molar-refractivity contribution in [3.8, 4) is 0 Å². The van der Waals surface area contributed by atoms with Gasteiger partial charge in [-0.25, -0.2) is 0 Å². The molecule has 0 bridgehead atoms. The molecule has 0 spiro atoms. The van der Waals surface area contributed by atoms with Gasteiger partial charge >= 0.3 is 0 Å². The maximum absolute atomic E-state index is 11.7. The molecular weight excluding hydrogens is 249 g/mol. The second kappa shape index (κ2) is 3.39. The molecule has 2 rings (SSSR count). The Balaban J connectivity index is 2.45. The van der Waals surface area contributed by atoms with E-state index in [1.807, 2.05) is 29.5 Å². The number of benzene rings is 1. The summed E-state index contributed by atoms with van der Waals surface area (Å²) in [6.45, 7) is 2.80. The molecule has 0 saturated carbocycles. The van der Waals surface area contributed by atoms with Gasteiger partial charge in [0.2, 0.25) is 0 Å². The van der Waals surface area contributed by atoms with E-state index < -0.39 is 0 Å².